The van der Waals surface area contributed by atoms with Crippen molar-refractivity contribution in [2.45, 2.75) is 59.1 Å². The van der Waals surface area contributed by atoms with Gasteiger partial charge in [0, 0.05) is 19.1 Å². The average molecular weight is 256 g/mol. The molecule has 1 aliphatic heterocycles. The predicted molar refractivity (Wildman–Crippen MR) is 73.7 cm³/mol. The lowest BCUT2D eigenvalue weighted by molar-refractivity contribution is 0.0469. The number of likely N-dealkylation sites (tertiary alicyclic amines) is 1. The van der Waals surface area contributed by atoms with Crippen LogP contribution in [0.5, 0.6) is 0 Å². The molecule has 0 aliphatic carbocycles. The first-order chi connectivity index (χ1) is 8.26. The van der Waals surface area contributed by atoms with E-state index >= 15 is 0 Å². The van der Waals surface area contributed by atoms with Gasteiger partial charge in [0.25, 0.3) is 0 Å². The molecule has 18 heavy (non-hydrogen) atoms. The number of hydrogen-bond acceptors (Lipinski definition) is 3. The van der Waals surface area contributed by atoms with Crippen LogP contribution in [0.2, 0.25) is 0 Å². The minimum atomic E-state index is -0.420. The molecule has 0 bridgehead atoms. The van der Waals surface area contributed by atoms with Gasteiger partial charge in [0.15, 0.2) is 0 Å². The molecule has 0 radical (unpaired) electrons. The standard InChI is InChI=1S/C14H28N2O2/c1-11(2)9-16-8-6-7-12(10-16)15-13(17)18-14(3,4)5/h11-12H,6-10H2,1-5H3,(H,15,17). The summed E-state index contributed by atoms with van der Waals surface area (Å²) in [7, 11) is 0. The summed E-state index contributed by atoms with van der Waals surface area (Å²) in [5.41, 5.74) is -0.420. The summed E-state index contributed by atoms with van der Waals surface area (Å²) in [4.78, 5) is 14.1. The molecule has 0 saturated carbocycles. The Morgan fingerprint density at radius 1 is 1.44 bits per heavy atom. The fourth-order valence-corrected chi connectivity index (χ4v) is 2.33. The summed E-state index contributed by atoms with van der Waals surface area (Å²) >= 11 is 0. The monoisotopic (exact) mass is 256 g/mol. The number of ether oxygens (including phenoxy) is 1. The number of alkyl carbamates (subject to hydrolysis) is 1. The Labute approximate surface area is 111 Å². The van der Waals surface area contributed by atoms with Crippen molar-refractivity contribution in [2.75, 3.05) is 19.6 Å². The molecular formula is C14H28N2O2. The first-order valence-corrected chi connectivity index (χ1v) is 6.98. The van der Waals surface area contributed by atoms with Crippen LogP contribution in [0, 0.1) is 5.92 Å². The van der Waals surface area contributed by atoms with Crippen LogP contribution in [0.4, 0.5) is 4.79 Å². The van der Waals surface area contributed by atoms with Gasteiger partial charge in [0.1, 0.15) is 5.60 Å². The average Bonchev–Trinajstić information content (AvgIpc) is 2.13. The zero-order chi connectivity index (χ0) is 13.8. The predicted octanol–water partition coefficient (Wildman–Crippen LogP) is 2.63. The van der Waals surface area contributed by atoms with Crippen LogP contribution in [0.1, 0.15) is 47.5 Å². The lowest BCUT2D eigenvalue weighted by Crippen LogP contribution is -2.49. The van der Waals surface area contributed by atoms with Gasteiger partial charge in [-0.25, -0.2) is 4.79 Å². The van der Waals surface area contributed by atoms with Crippen LogP contribution < -0.4 is 5.32 Å². The molecule has 1 atom stereocenters. The zero-order valence-corrected chi connectivity index (χ0v) is 12.5. The molecule has 0 aromatic rings. The summed E-state index contributed by atoms with van der Waals surface area (Å²) < 4.78 is 5.29. The largest absolute Gasteiger partial charge is 0.444 e. The van der Waals surface area contributed by atoms with Gasteiger partial charge in [-0.3, -0.25) is 0 Å². The molecule has 1 unspecified atom stereocenters. The van der Waals surface area contributed by atoms with Crippen LogP contribution in [0.3, 0.4) is 0 Å². The Morgan fingerprint density at radius 2 is 2.11 bits per heavy atom. The van der Waals surface area contributed by atoms with Gasteiger partial charge in [-0.2, -0.15) is 0 Å². The van der Waals surface area contributed by atoms with Crippen molar-refractivity contribution < 1.29 is 9.53 Å². The molecule has 1 amide bonds. The van der Waals surface area contributed by atoms with Crippen LogP contribution in [-0.2, 0) is 4.74 Å². The van der Waals surface area contributed by atoms with E-state index in [9.17, 15) is 4.79 Å². The Hall–Kier alpha value is -0.770. The quantitative estimate of drug-likeness (QED) is 0.844. The number of amides is 1. The third-order valence-corrected chi connectivity index (χ3v) is 2.85. The summed E-state index contributed by atoms with van der Waals surface area (Å²) in [5.74, 6) is 0.672. The summed E-state index contributed by atoms with van der Waals surface area (Å²) in [5, 5.41) is 2.98. The second kappa shape index (κ2) is 6.41. The van der Waals surface area contributed by atoms with E-state index in [0.29, 0.717) is 5.92 Å². The van der Waals surface area contributed by atoms with Crippen LogP contribution in [-0.4, -0.2) is 42.3 Å². The van der Waals surface area contributed by atoms with E-state index in [1.165, 1.54) is 0 Å². The highest BCUT2D eigenvalue weighted by Gasteiger charge is 2.24. The lowest BCUT2D eigenvalue weighted by atomic mass is 10.0. The van der Waals surface area contributed by atoms with E-state index in [0.717, 1.165) is 32.5 Å². The highest BCUT2D eigenvalue weighted by Crippen LogP contribution is 2.13. The van der Waals surface area contributed by atoms with Gasteiger partial charge in [-0.15, -0.1) is 0 Å². The van der Waals surface area contributed by atoms with Gasteiger partial charge in [-0.05, 0) is 46.1 Å². The molecule has 1 heterocycles. The fourth-order valence-electron chi connectivity index (χ4n) is 2.33. The maximum Gasteiger partial charge on any atom is 0.407 e. The van der Waals surface area contributed by atoms with Gasteiger partial charge >= 0.3 is 6.09 Å². The second-order valence-electron chi connectivity index (χ2n) is 6.64. The minimum absolute atomic E-state index is 0.229. The molecule has 1 aliphatic rings. The Balaban J connectivity index is 2.36. The highest BCUT2D eigenvalue weighted by atomic mass is 16.6. The van der Waals surface area contributed by atoms with E-state index in [1.54, 1.807) is 0 Å². The smallest absolute Gasteiger partial charge is 0.407 e. The second-order valence-corrected chi connectivity index (χ2v) is 6.64. The minimum Gasteiger partial charge on any atom is -0.444 e. The normalized spacial score (nSPS) is 22.0. The summed E-state index contributed by atoms with van der Waals surface area (Å²) in [6.07, 6.45) is 1.90. The van der Waals surface area contributed by atoms with Gasteiger partial charge in [-0.1, -0.05) is 13.8 Å². The Bertz CT molecular complexity index is 271. The molecule has 4 heteroatoms. The summed E-state index contributed by atoms with van der Waals surface area (Å²) in [6, 6.07) is 0.229. The number of nitrogens with one attached hydrogen (secondary N) is 1. The number of piperidine rings is 1. The SMILES string of the molecule is CC(C)CN1CCCC(NC(=O)OC(C)(C)C)C1. The molecule has 1 N–H and O–H groups in total. The first-order valence-electron chi connectivity index (χ1n) is 6.98. The van der Waals surface area contributed by atoms with Crippen LogP contribution in [0.25, 0.3) is 0 Å². The van der Waals surface area contributed by atoms with Crippen LogP contribution >= 0.6 is 0 Å². The topological polar surface area (TPSA) is 41.6 Å². The molecule has 0 spiro atoms. The zero-order valence-electron chi connectivity index (χ0n) is 12.5. The summed E-state index contributed by atoms with van der Waals surface area (Å²) in [6.45, 7) is 13.3. The maximum absolute atomic E-state index is 11.7. The van der Waals surface area contributed by atoms with Crippen molar-refractivity contribution in [1.29, 1.82) is 0 Å². The Kier molecular flexibility index (Phi) is 5.45. The molecule has 1 rings (SSSR count). The number of nitrogens with zero attached hydrogens (tertiary/aromatic N) is 1. The van der Waals surface area contributed by atoms with Gasteiger partial charge in [0.05, 0.1) is 0 Å². The number of rotatable bonds is 3. The van der Waals surface area contributed by atoms with Crippen molar-refractivity contribution in [1.82, 2.24) is 10.2 Å². The van der Waals surface area contributed by atoms with E-state index in [1.807, 2.05) is 20.8 Å². The van der Waals surface area contributed by atoms with Gasteiger partial charge in [0.2, 0.25) is 0 Å². The van der Waals surface area contributed by atoms with Crippen molar-refractivity contribution in [2.24, 2.45) is 5.92 Å². The van der Waals surface area contributed by atoms with Crippen LogP contribution in [0.15, 0.2) is 0 Å². The molecule has 4 nitrogen and oxygen atoms in total. The van der Waals surface area contributed by atoms with Crippen molar-refractivity contribution in [3.05, 3.63) is 0 Å². The lowest BCUT2D eigenvalue weighted by Gasteiger charge is -2.34. The molecule has 1 saturated heterocycles. The Morgan fingerprint density at radius 3 is 2.67 bits per heavy atom. The highest BCUT2D eigenvalue weighted by molar-refractivity contribution is 5.68. The third-order valence-electron chi connectivity index (χ3n) is 2.85. The molecule has 0 aromatic carbocycles. The first kappa shape index (κ1) is 15.3. The fraction of sp³-hybridized carbons (Fsp3) is 0.929. The maximum atomic E-state index is 11.7. The molecule has 0 aromatic heterocycles. The number of carbonyl (C=O) groups excluding carboxylic acids is 1. The third kappa shape index (κ3) is 6.24. The van der Waals surface area contributed by atoms with Crippen molar-refractivity contribution in [3.63, 3.8) is 0 Å². The number of carbonyl (C=O) groups is 1. The molecule has 106 valence electrons. The van der Waals surface area contributed by atoms with Crippen molar-refractivity contribution in [3.8, 4) is 0 Å². The molecular weight excluding hydrogens is 228 g/mol. The van der Waals surface area contributed by atoms with E-state index < -0.39 is 5.60 Å². The number of hydrogen-bond donors (Lipinski definition) is 1. The molecule has 1 fully saturated rings. The van der Waals surface area contributed by atoms with E-state index in [-0.39, 0.29) is 12.1 Å². The van der Waals surface area contributed by atoms with E-state index in [4.69, 9.17) is 4.74 Å². The van der Waals surface area contributed by atoms with Gasteiger partial charge < -0.3 is 15.0 Å². The van der Waals surface area contributed by atoms with E-state index in [2.05, 4.69) is 24.1 Å². The van der Waals surface area contributed by atoms with Crippen molar-refractivity contribution >= 4 is 6.09 Å².